The minimum atomic E-state index is 0.777. The van der Waals surface area contributed by atoms with Crippen molar-refractivity contribution in [3.8, 4) is 0 Å². The van der Waals surface area contributed by atoms with Crippen molar-refractivity contribution >= 4 is 29.1 Å². The van der Waals surface area contributed by atoms with Gasteiger partial charge in [0.15, 0.2) is 5.96 Å². The summed E-state index contributed by atoms with van der Waals surface area (Å²) in [7, 11) is 1.81. The number of aliphatic imine (C=N–C) groups is 1. The summed E-state index contributed by atoms with van der Waals surface area (Å²) in [5.74, 6) is 0.834. The molecule has 0 aliphatic rings. The van der Waals surface area contributed by atoms with Crippen LogP contribution in [0.15, 0.2) is 39.5 Å². The van der Waals surface area contributed by atoms with Crippen LogP contribution in [0.1, 0.15) is 21.6 Å². The van der Waals surface area contributed by atoms with Gasteiger partial charge in [-0.15, -0.1) is 23.1 Å². The number of thioether (sulfide) groups is 1. The predicted octanol–water partition coefficient (Wildman–Crippen LogP) is 3.95. The van der Waals surface area contributed by atoms with Crippen LogP contribution in [0.3, 0.4) is 0 Å². The molecule has 0 unspecified atom stereocenters. The van der Waals surface area contributed by atoms with Gasteiger partial charge in [0.1, 0.15) is 0 Å². The van der Waals surface area contributed by atoms with Gasteiger partial charge in [-0.05, 0) is 54.3 Å². The maximum Gasteiger partial charge on any atom is 0.191 e. The number of nitrogens with zero attached hydrogens (tertiary/aromatic N) is 1. The second kappa shape index (κ2) is 8.25. The van der Waals surface area contributed by atoms with Crippen LogP contribution in [0.4, 0.5) is 0 Å². The molecule has 0 bridgehead atoms. The number of thiophene rings is 1. The zero-order valence-corrected chi connectivity index (χ0v) is 15.2. The topological polar surface area (TPSA) is 36.4 Å². The van der Waals surface area contributed by atoms with E-state index in [2.05, 4.69) is 65.4 Å². The number of hydrogen-bond acceptors (Lipinski definition) is 3. The molecule has 0 radical (unpaired) electrons. The van der Waals surface area contributed by atoms with Crippen LogP contribution < -0.4 is 10.6 Å². The maximum absolute atomic E-state index is 4.30. The van der Waals surface area contributed by atoms with E-state index in [1.165, 1.54) is 26.5 Å². The molecular weight excluding hydrogens is 310 g/mol. The predicted molar refractivity (Wildman–Crippen MR) is 99.1 cm³/mol. The zero-order valence-electron chi connectivity index (χ0n) is 13.6. The first-order valence-electron chi connectivity index (χ1n) is 7.25. The molecule has 0 amide bonds. The largest absolute Gasteiger partial charge is 0.352 e. The van der Waals surface area contributed by atoms with Crippen LogP contribution in [-0.2, 0) is 13.1 Å². The molecule has 1 heterocycles. The third-order valence-corrected chi connectivity index (χ3v) is 5.34. The van der Waals surface area contributed by atoms with Crippen molar-refractivity contribution < 1.29 is 0 Å². The summed E-state index contributed by atoms with van der Waals surface area (Å²) in [5.41, 5.74) is 3.92. The number of nitrogens with one attached hydrogen (secondary N) is 2. The molecule has 0 saturated heterocycles. The summed E-state index contributed by atoms with van der Waals surface area (Å²) in [6.45, 7) is 5.85. The van der Waals surface area contributed by atoms with Crippen molar-refractivity contribution in [2.75, 3.05) is 13.3 Å². The number of guanidine groups is 1. The zero-order chi connectivity index (χ0) is 15.9. The van der Waals surface area contributed by atoms with E-state index in [4.69, 9.17) is 0 Å². The van der Waals surface area contributed by atoms with Crippen LogP contribution in [0.5, 0.6) is 0 Å². The highest BCUT2D eigenvalue weighted by Gasteiger charge is 2.05. The standard InChI is InChI=1S/C17H23N3S2/c1-12-5-6-14(15(9-12)21-4)10-19-17(18-3)20-11-16-13(2)7-8-22-16/h5-9H,10-11H2,1-4H3,(H2,18,19,20). The Morgan fingerprint density at radius 3 is 2.59 bits per heavy atom. The summed E-state index contributed by atoms with van der Waals surface area (Å²) < 4.78 is 0. The lowest BCUT2D eigenvalue weighted by molar-refractivity contribution is 0.805. The van der Waals surface area contributed by atoms with Crippen LogP contribution in [-0.4, -0.2) is 19.3 Å². The number of rotatable bonds is 5. The molecule has 0 aliphatic heterocycles. The van der Waals surface area contributed by atoms with Gasteiger partial charge in [-0.2, -0.15) is 0 Å². The number of benzene rings is 1. The van der Waals surface area contributed by atoms with Crippen LogP contribution in [0.2, 0.25) is 0 Å². The van der Waals surface area contributed by atoms with Crippen molar-refractivity contribution in [3.63, 3.8) is 0 Å². The highest BCUT2D eigenvalue weighted by Crippen LogP contribution is 2.21. The Bertz CT molecular complexity index is 647. The second-order valence-electron chi connectivity index (χ2n) is 5.12. The van der Waals surface area contributed by atoms with Gasteiger partial charge in [0.05, 0.1) is 6.54 Å². The molecule has 1 aromatic heterocycles. The number of aryl methyl sites for hydroxylation is 2. The fraction of sp³-hybridized carbons (Fsp3) is 0.353. The van der Waals surface area contributed by atoms with Gasteiger partial charge in [-0.1, -0.05) is 12.1 Å². The molecule has 2 rings (SSSR count). The van der Waals surface area contributed by atoms with E-state index in [0.29, 0.717) is 0 Å². The van der Waals surface area contributed by atoms with E-state index < -0.39 is 0 Å². The SMILES string of the molecule is CN=C(NCc1ccc(C)cc1SC)NCc1sccc1C. The monoisotopic (exact) mass is 333 g/mol. The van der Waals surface area contributed by atoms with E-state index in [0.717, 1.165) is 19.0 Å². The summed E-state index contributed by atoms with van der Waals surface area (Å²) in [5, 5.41) is 8.89. The molecule has 2 aromatic rings. The normalized spacial score (nSPS) is 11.5. The Morgan fingerprint density at radius 2 is 1.95 bits per heavy atom. The van der Waals surface area contributed by atoms with Gasteiger partial charge in [0, 0.05) is 23.4 Å². The fourth-order valence-electron chi connectivity index (χ4n) is 2.15. The molecule has 0 saturated carbocycles. The highest BCUT2D eigenvalue weighted by atomic mass is 32.2. The summed E-state index contributed by atoms with van der Waals surface area (Å²) >= 11 is 3.56. The Hall–Kier alpha value is -1.46. The van der Waals surface area contributed by atoms with E-state index >= 15 is 0 Å². The molecule has 1 aromatic carbocycles. The quantitative estimate of drug-likeness (QED) is 0.494. The average molecular weight is 334 g/mol. The van der Waals surface area contributed by atoms with E-state index in [1.54, 1.807) is 30.1 Å². The molecule has 2 N–H and O–H groups in total. The molecule has 0 aliphatic carbocycles. The van der Waals surface area contributed by atoms with Crippen molar-refractivity contribution in [3.05, 3.63) is 51.2 Å². The summed E-state index contributed by atoms with van der Waals surface area (Å²) in [6.07, 6.45) is 2.12. The first-order chi connectivity index (χ1) is 10.6. The Morgan fingerprint density at radius 1 is 1.18 bits per heavy atom. The van der Waals surface area contributed by atoms with E-state index in [1.807, 2.05) is 0 Å². The van der Waals surface area contributed by atoms with E-state index in [-0.39, 0.29) is 0 Å². The van der Waals surface area contributed by atoms with Crippen molar-refractivity contribution in [1.29, 1.82) is 0 Å². The van der Waals surface area contributed by atoms with E-state index in [9.17, 15) is 0 Å². The van der Waals surface area contributed by atoms with Crippen molar-refractivity contribution in [2.24, 2.45) is 4.99 Å². The molecule has 22 heavy (non-hydrogen) atoms. The molecule has 0 spiro atoms. The smallest absolute Gasteiger partial charge is 0.191 e. The molecule has 0 atom stereocenters. The number of hydrogen-bond donors (Lipinski definition) is 2. The van der Waals surface area contributed by atoms with Gasteiger partial charge in [-0.3, -0.25) is 4.99 Å². The Labute approximate surface area is 141 Å². The van der Waals surface area contributed by atoms with Gasteiger partial charge in [0.2, 0.25) is 0 Å². The minimum absolute atomic E-state index is 0.777. The minimum Gasteiger partial charge on any atom is -0.352 e. The van der Waals surface area contributed by atoms with Gasteiger partial charge in [-0.25, -0.2) is 0 Å². The van der Waals surface area contributed by atoms with Crippen molar-refractivity contribution in [1.82, 2.24) is 10.6 Å². The first-order valence-corrected chi connectivity index (χ1v) is 9.35. The summed E-state index contributed by atoms with van der Waals surface area (Å²) in [4.78, 5) is 6.96. The molecule has 118 valence electrons. The Kier molecular flexibility index (Phi) is 6.34. The van der Waals surface area contributed by atoms with Gasteiger partial charge >= 0.3 is 0 Å². The van der Waals surface area contributed by atoms with Crippen LogP contribution in [0.25, 0.3) is 0 Å². The molecule has 3 nitrogen and oxygen atoms in total. The van der Waals surface area contributed by atoms with Crippen LogP contribution >= 0.6 is 23.1 Å². The lowest BCUT2D eigenvalue weighted by Crippen LogP contribution is -2.36. The lowest BCUT2D eigenvalue weighted by atomic mass is 10.1. The lowest BCUT2D eigenvalue weighted by Gasteiger charge is -2.14. The Balaban J connectivity index is 1.93. The fourth-order valence-corrected chi connectivity index (χ4v) is 3.70. The van der Waals surface area contributed by atoms with Crippen LogP contribution in [0, 0.1) is 13.8 Å². The third kappa shape index (κ3) is 4.52. The molecule has 5 heteroatoms. The third-order valence-electron chi connectivity index (χ3n) is 3.50. The molecular formula is C17H23N3S2. The average Bonchev–Trinajstić information content (AvgIpc) is 2.93. The molecule has 0 fully saturated rings. The first kappa shape index (κ1) is 16.9. The second-order valence-corrected chi connectivity index (χ2v) is 6.97. The van der Waals surface area contributed by atoms with Crippen molar-refractivity contribution in [2.45, 2.75) is 31.8 Å². The van der Waals surface area contributed by atoms with Gasteiger partial charge < -0.3 is 10.6 Å². The summed E-state index contributed by atoms with van der Waals surface area (Å²) in [6, 6.07) is 8.72. The highest BCUT2D eigenvalue weighted by molar-refractivity contribution is 7.98. The maximum atomic E-state index is 4.30. The van der Waals surface area contributed by atoms with Gasteiger partial charge in [0.25, 0.3) is 0 Å².